The van der Waals surface area contributed by atoms with E-state index in [0.717, 1.165) is 21.1 Å². The summed E-state index contributed by atoms with van der Waals surface area (Å²) in [6.07, 6.45) is -3.80. The maximum Gasteiger partial charge on any atom is 0.737 e. The standard InChI is InChI=1S/C24H25BF6N2/c1-7-19-12(3)22-21(16-9-17(24(27,28)29)11-18(26)10-16)23-13(4)20(8-2)15(6)33(23)25(30,31)32(22)14(19)5/h9-11H,7-8H2,1-6H3. The molecule has 0 atom stereocenters. The number of rotatable bonds is 3. The molecule has 9 heteroatoms. The Morgan fingerprint density at radius 3 is 2.15 bits per heavy atom. The molecule has 0 amide bonds. The van der Waals surface area contributed by atoms with Crippen LogP contribution in [0.1, 0.15) is 67.8 Å². The number of nitrogens with zero attached hydrogens (tertiary/aromatic N) is 2. The second-order valence-corrected chi connectivity index (χ2v) is 8.71. The van der Waals surface area contributed by atoms with Gasteiger partial charge in [0.05, 0.1) is 11.1 Å². The number of fused-ring (bicyclic) bond motifs is 2. The van der Waals surface area contributed by atoms with E-state index < -0.39 is 24.5 Å². The first kappa shape index (κ1) is 23.5. The third-order valence-electron chi connectivity index (χ3n) is 7.01. The molecule has 1 aromatic carbocycles. The predicted molar refractivity (Wildman–Crippen MR) is 118 cm³/mol. The van der Waals surface area contributed by atoms with Gasteiger partial charge in [0, 0.05) is 23.8 Å². The van der Waals surface area contributed by atoms with Gasteiger partial charge in [0.15, 0.2) is 5.70 Å². The lowest BCUT2D eigenvalue weighted by Crippen LogP contribution is -2.51. The Morgan fingerprint density at radius 1 is 0.970 bits per heavy atom. The van der Waals surface area contributed by atoms with Crippen LogP contribution in [0, 0.1) is 19.7 Å². The van der Waals surface area contributed by atoms with Crippen LogP contribution in [0.4, 0.5) is 26.2 Å². The molecule has 0 N–H and O–H groups in total. The summed E-state index contributed by atoms with van der Waals surface area (Å²) in [7, 11) is 0. The summed E-state index contributed by atoms with van der Waals surface area (Å²) >= 11 is 0. The minimum atomic E-state index is -4.77. The quantitative estimate of drug-likeness (QED) is 0.339. The first-order chi connectivity index (χ1) is 15.3. The van der Waals surface area contributed by atoms with Gasteiger partial charge < -0.3 is 17.6 Å². The van der Waals surface area contributed by atoms with Crippen LogP contribution in [0.15, 0.2) is 35.0 Å². The number of halogens is 6. The van der Waals surface area contributed by atoms with Crippen molar-refractivity contribution in [3.8, 4) is 0 Å². The maximum atomic E-state index is 16.1. The maximum absolute atomic E-state index is 16.1. The van der Waals surface area contributed by atoms with Gasteiger partial charge in [-0.2, -0.15) is 13.2 Å². The van der Waals surface area contributed by atoms with Crippen LogP contribution in [-0.4, -0.2) is 21.6 Å². The van der Waals surface area contributed by atoms with Gasteiger partial charge in [-0.1, -0.05) is 13.8 Å². The second kappa shape index (κ2) is 7.40. The van der Waals surface area contributed by atoms with Crippen molar-refractivity contribution < 1.29 is 30.7 Å². The second-order valence-electron chi connectivity index (χ2n) is 8.71. The lowest BCUT2D eigenvalue weighted by Gasteiger charge is -2.34. The Bertz CT molecular complexity index is 1290. The molecule has 3 heterocycles. The van der Waals surface area contributed by atoms with Crippen molar-refractivity contribution in [3.63, 3.8) is 0 Å². The molecule has 0 aliphatic carbocycles. The van der Waals surface area contributed by atoms with E-state index in [0.29, 0.717) is 52.6 Å². The summed E-state index contributed by atoms with van der Waals surface area (Å²) in [4.78, 5) is 0. The van der Waals surface area contributed by atoms with Crippen LogP contribution >= 0.6 is 0 Å². The number of alkyl halides is 3. The highest BCUT2D eigenvalue weighted by Gasteiger charge is 2.56. The largest absolute Gasteiger partial charge is 0.737 e. The lowest BCUT2D eigenvalue weighted by atomic mass is 9.83. The molecule has 2 aromatic rings. The summed E-state index contributed by atoms with van der Waals surface area (Å²) in [6, 6.07) is 2.27. The van der Waals surface area contributed by atoms with Crippen LogP contribution in [0.3, 0.4) is 0 Å². The van der Waals surface area contributed by atoms with Crippen molar-refractivity contribution in [3.05, 3.63) is 74.5 Å². The summed E-state index contributed by atoms with van der Waals surface area (Å²) in [5, 5.41) is 0. The molecule has 4 rings (SSSR count). The van der Waals surface area contributed by atoms with E-state index in [1.54, 1.807) is 27.7 Å². The first-order valence-electron chi connectivity index (χ1n) is 11.0. The molecular weight excluding hydrogens is 441 g/mol. The molecule has 0 spiro atoms. The zero-order chi connectivity index (χ0) is 24.6. The first-order valence-corrected chi connectivity index (χ1v) is 11.0. The highest BCUT2D eigenvalue weighted by atomic mass is 19.4. The lowest BCUT2D eigenvalue weighted by molar-refractivity contribution is -0.363. The third kappa shape index (κ3) is 3.15. The number of benzene rings is 1. The number of aromatic nitrogens is 1. The summed E-state index contributed by atoms with van der Waals surface area (Å²) in [6.45, 7) is 6.01. The molecule has 0 unspecified atom stereocenters. The SMILES string of the molecule is CCC1=C(C)C2=C(c3cc(F)cc(C(F)(F)F)c3)c3c(C)c(CC)c(C)n3[B-](F)(F)[N+]2=C1C. The van der Waals surface area contributed by atoms with E-state index in [-0.39, 0.29) is 22.5 Å². The van der Waals surface area contributed by atoms with Gasteiger partial charge in [-0.25, -0.2) is 4.39 Å². The molecule has 0 saturated carbocycles. The van der Waals surface area contributed by atoms with Gasteiger partial charge in [0.1, 0.15) is 11.5 Å². The van der Waals surface area contributed by atoms with Crippen molar-refractivity contribution >= 4 is 18.3 Å². The van der Waals surface area contributed by atoms with Gasteiger partial charge in [-0.05, 0) is 74.2 Å². The van der Waals surface area contributed by atoms with Crippen molar-refractivity contribution in [2.45, 2.75) is 60.6 Å². The van der Waals surface area contributed by atoms with E-state index in [2.05, 4.69) is 0 Å². The van der Waals surface area contributed by atoms with Crippen molar-refractivity contribution in [2.75, 3.05) is 0 Å². The number of hydrogen-bond donors (Lipinski definition) is 0. The molecule has 0 fully saturated rings. The van der Waals surface area contributed by atoms with Gasteiger partial charge in [-0.15, -0.1) is 0 Å². The minimum Gasteiger partial charge on any atom is -0.393 e. The monoisotopic (exact) mass is 466 g/mol. The van der Waals surface area contributed by atoms with Crippen molar-refractivity contribution in [2.24, 2.45) is 0 Å². The summed E-state index contributed by atoms with van der Waals surface area (Å²) in [5.74, 6) is -1.07. The normalized spacial score (nSPS) is 17.8. The number of allylic oxidation sites excluding steroid dienone is 2. The summed E-state index contributed by atoms with van der Waals surface area (Å²) in [5.41, 5.74) is 2.62. The Hall–Kier alpha value is -2.71. The molecule has 2 aliphatic heterocycles. The van der Waals surface area contributed by atoms with Crippen molar-refractivity contribution in [1.29, 1.82) is 0 Å². The molecule has 0 bridgehead atoms. The Kier molecular flexibility index (Phi) is 5.26. The fourth-order valence-corrected chi connectivity index (χ4v) is 5.65. The Labute approximate surface area is 189 Å². The molecular formula is C24H25BF6N2. The van der Waals surface area contributed by atoms with Crippen LogP contribution < -0.4 is 0 Å². The van der Waals surface area contributed by atoms with Gasteiger partial charge >= 0.3 is 13.1 Å². The van der Waals surface area contributed by atoms with Crippen LogP contribution in [-0.2, 0) is 12.6 Å². The highest BCUT2D eigenvalue weighted by molar-refractivity contribution is 6.58. The van der Waals surface area contributed by atoms with E-state index in [9.17, 15) is 17.6 Å². The zero-order valence-corrected chi connectivity index (χ0v) is 19.4. The summed E-state index contributed by atoms with van der Waals surface area (Å²) < 4.78 is 89.2. The van der Waals surface area contributed by atoms with Gasteiger partial charge in [0.2, 0.25) is 0 Å². The van der Waals surface area contributed by atoms with Crippen LogP contribution in [0.2, 0.25) is 0 Å². The molecule has 33 heavy (non-hydrogen) atoms. The van der Waals surface area contributed by atoms with E-state index >= 15 is 8.63 Å². The van der Waals surface area contributed by atoms with E-state index in [1.165, 1.54) is 0 Å². The van der Waals surface area contributed by atoms with Gasteiger partial charge in [0.25, 0.3) is 0 Å². The smallest absolute Gasteiger partial charge is 0.393 e. The zero-order valence-electron chi connectivity index (χ0n) is 19.4. The van der Waals surface area contributed by atoms with Crippen LogP contribution in [0.25, 0.3) is 5.57 Å². The van der Waals surface area contributed by atoms with E-state index in [4.69, 9.17) is 0 Å². The molecule has 0 radical (unpaired) electrons. The third-order valence-corrected chi connectivity index (χ3v) is 7.01. The molecule has 2 aliphatic rings. The van der Waals surface area contributed by atoms with Gasteiger partial charge in [-0.3, -0.25) is 0 Å². The van der Waals surface area contributed by atoms with Crippen LogP contribution in [0.5, 0.6) is 0 Å². The minimum absolute atomic E-state index is 0.0670. The average molecular weight is 466 g/mol. The Morgan fingerprint density at radius 2 is 1.61 bits per heavy atom. The topological polar surface area (TPSA) is 7.94 Å². The molecule has 176 valence electrons. The average Bonchev–Trinajstić information content (AvgIpc) is 3.12. The molecule has 1 aromatic heterocycles. The fraction of sp³-hybridized carbons (Fsp3) is 0.375. The molecule has 0 saturated heterocycles. The fourth-order valence-electron chi connectivity index (χ4n) is 5.65. The van der Waals surface area contributed by atoms with Crippen molar-refractivity contribution in [1.82, 2.24) is 4.48 Å². The number of hydrogen-bond acceptors (Lipinski definition) is 0. The predicted octanol–water partition coefficient (Wildman–Crippen LogP) is 7.03. The Balaban J connectivity index is 2.23. The van der Waals surface area contributed by atoms with E-state index in [1.807, 2.05) is 13.8 Å². The highest BCUT2D eigenvalue weighted by Crippen LogP contribution is 2.47. The molecule has 2 nitrogen and oxygen atoms in total.